The summed E-state index contributed by atoms with van der Waals surface area (Å²) in [4.78, 5) is 0. The van der Waals surface area contributed by atoms with Crippen molar-refractivity contribution in [2.75, 3.05) is 0 Å². The normalized spacial score (nSPS) is 16.7. The first-order valence-electron chi connectivity index (χ1n) is 6.06. The minimum atomic E-state index is -0.315. The summed E-state index contributed by atoms with van der Waals surface area (Å²) in [6, 6.07) is -0.904. The molecule has 1 aromatic carbocycles. The molecule has 0 heterocycles. The van der Waals surface area contributed by atoms with Crippen LogP contribution in [0.5, 0.6) is 0 Å². The van der Waals surface area contributed by atoms with Crippen molar-refractivity contribution in [2.45, 2.75) is 26.2 Å². The van der Waals surface area contributed by atoms with Gasteiger partial charge in [-0.1, -0.05) is 43.6 Å². The largest absolute Gasteiger partial charge is 0.0654 e. The quantitative estimate of drug-likeness (QED) is 0.604. The van der Waals surface area contributed by atoms with Crippen LogP contribution >= 0.6 is 0 Å². The molecule has 0 saturated carbocycles. The molecule has 0 atom stereocenters. The van der Waals surface area contributed by atoms with E-state index in [1.54, 1.807) is 0 Å². The molecule has 10 heavy (non-hydrogen) atoms. The molecule has 0 fully saturated rings. The van der Waals surface area contributed by atoms with Gasteiger partial charge in [-0.3, -0.25) is 0 Å². The molecule has 0 bridgehead atoms. The van der Waals surface area contributed by atoms with Gasteiger partial charge in [-0.15, -0.1) is 0 Å². The first-order valence-corrected chi connectivity index (χ1v) is 3.56. The second-order valence-corrected chi connectivity index (χ2v) is 2.21. The fraction of sp³-hybridized carbons (Fsp3) is 0.400. The molecule has 0 aliphatic heterocycles. The van der Waals surface area contributed by atoms with Crippen LogP contribution in [-0.4, -0.2) is 0 Å². The Bertz CT molecular complexity index is 344. The smallest absolute Gasteiger partial charge is 0.0626 e. The van der Waals surface area contributed by atoms with Crippen LogP contribution in [0.3, 0.4) is 0 Å². The van der Waals surface area contributed by atoms with Gasteiger partial charge < -0.3 is 0 Å². The lowest BCUT2D eigenvalue weighted by molar-refractivity contribution is 0.795. The van der Waals surface area contributed by atoms with Crippen LogP contribution in [0.15, 0.2) is 30.2 Å². The summed E-state index contributed by atoms with van der Waals surface area (Å²) in [5.74, 6) is 0. The molecule has 0 amide bonds. The molecule has 0 saturated heterocycles. The summed E-state index contributed by atoms with van der Waals surface area (Å²) in [5, 5.41) is 0. The SMILES string of the molecule is [2H]c1c([2H])c([2H])c(CCCC)c([2H])c1[2H]. The fourth-order valence-corrected chi connectivity index (χ4v) is 0.754. The van der Waals surface area contributed by atoms with Crippen molar-refractivity contribution in [1.82, 2.24) is 0 Å². The second-order valence-electron chi connectivity index (χ2n) is 2.21. The summed E-state index contributed by atoms with van der Waals surface area (Å²) < 4.78 is 37.6. The van der Waals surface area contributed by atoms with Gasteiger partial charge in [0, 0.05) is 0 Å². The Balaban J connectivity index is 3.26. The van der Waals surface area contributed by atoms with Crippen molar-refractivity contribution < 1.29 is 6.85 Å². The van der Waals surface area contributed by atoms with Crippen LogP contribution in [0.25, 0.3) is 0 Å². The minimum absolute atomic E-state index is 0.0607. The maximum atomic E-state index is 7.64. The molecule has 1 aromatic rings. The summed E-state index contributed by atoms with van der Waals surface area (Å²) in [7, 11) is 0. The van der Waals surface area contributed by atoms with E-state index >= 15 is 0 Å². The van der Waals surface area contributed by atoms with E-state index < -0.39 is 0 Å². The Morgan fingerprint density at radius 3 is 2.60 bits per heavy atom. The van der Waals surface area contributed by atoms with Crippen LogP contribution in [0.2, 0.25) is 0 Å². The average molecular weight is 139 g/mol. The third-order valence-corrected chi connectivity index (χ3v) is 1.33. The summed E-state index contributed by atoms with van der Waals surface area (Å²) >= 11 is 0. The number of rotatable bonds is 3. The third-order valence-electron chi connectivity index (χ3n) is 1.33. The first-order chi connectivity index (χ1) is 7.00. The zero-order chi connectivity index (χ0) is 11.6. The topological polar surface area (TPSA) is 0 Å². The van der Waals surface area contributed by atoms with Crippen LogP contribution in [0, 0.1) is 0 Å². The lowest BCUT2D eigenvalue weighted by Gasteiger charge is -1.96. The Hall–Kier alpha value is -0.780. The predicted octanol–water partition coefficient (Wildman–Crippen LogP) is 3.03. The van der Waals surface area contributed by atoms with Gasteiger partial charge in [-0.25, -0.2) is 0 Å². The van der Waals surface area contributed by atoms with E-state index in [4.69, 9.17) is 6.85 Å². The van der Waals surface area contributed by atoms with Gasteiger partial charge in [0.25, 0.3) is 0 Å². The van der Waals surface area contributed by atoms with Crippen LogP contribution in [-0.2, 0) is 6.42 Å². The molecule has 54 valence electrons. The average Bonchev–Trinajstić information content (AvgIpc) is 2.24. The molecular weight excluding hydrogens is 120 g/mol. The monoisotopic (exact) mass is 139 g/mol. The molecule has 0 unspecified atom stereocenters. The molecule has 0 aliphatic rings. The highest BCUT2D eigenvalue weighted by Crippen LogP contribution is 2.03. The van der Waals surface area contributed by atoms with Gasteiger partial charge in [0.1, 0.15) is 0 Å². The first kappa shape index (κ1) is 3.08. The Labute approximate surface area is 69.9 Å². The second kappa shape index (κ2) is 4.10. The molecule has 1 rings (SSSR count). The maximum absolute atomic E-state index is 7.64. The van der Waals surface area contributed by atoms with Crippen LogP contribution in [0.1, 0.15) is 32.2 Å². The predicted molar refractivity (Wildman–Crippen MR) is 45.1 cm³/mol. The van der Waals surface area contributed by atoms with Gasteiger partial charge in [0.15, 0.2) is 0 Å². The molecule has 0 radical (unpaired) electrons. The van der Waals surface area contributed by atoms with Gasteiger partial charge >= 0.3 is 0 Å². The molecule has 0 spiro atoms. The number of benzene rings is 1. The molecule has 0 aliphatic carbocycles. The number of hydrogen-bond donors (Lipinski definition) is 0. The van der Waals surface area contributed by atoms with Gasteiger partial charge in [-0.2, -0.15) is 0 Å². The highest BCUT2D eigenvalue weighted by atomic mass is 13.9. The number of unbranched alkanes of at least 4 members (excludes halogenated alkanes) is 1. The van der Waals surface area contributed by atoms with Crippen LogP contribution in [0.4, 0.5) is 0 Å². The van der Waals surface area contributed by atoms with E-state index in [0.29, 0.717) is 12.0 Å². The molecule has 0 heteroatoms. The van der Waals surface area contributed by atoms with E-state index in [9.17, 15) is 0 Å². The van der Waals surface area contributed by atoms with Crippen molar-refractivity contribution in [3.8, 4) is 0 Å². The lowest BCUT2D eigenvalue weighted by atomic mass is 10.1. The Morgan fingerprint density at radius 2 is 2.00 bits per heavy atom. The van der Waals surface area contributed by atoms with Crippen molar-refractivity contribution in [3.05, 3.63) is 35.8 Å². The van der Waals surface area contributed by atoms with Crippen molar-refractivity contribution in [1.29, 1.82) is 0 Å². The molecule has 0 nitrogen and oxygen atoms in total. The maximum Gasteiger partial charge on any atom is 0.0626 e. The van der Waals surface area contributed by atoms with Crippen molar-refractivity contribution in [2.24, 2.45) is 0 Å². The van der Waals surface area contributed by atoms with Crippen molar-refractivity contribution >= 4 is 0 Å². The van der Waals surface area contributed by atoms with E-state index in [2.05, 4.69) is 0 Å². The minimum Gasteiger partial charge on any atom is -0.0654 e. The van der Waals surface area contributed by atoms with Gasteiger partial charge in [-0.05, 0) is 18.4 Å². The van der Waals surface area contributed by atoms with E-state index in [0.717, 1.165) is 12.8 Å². The zero-order valence-electron chi connectivity index (χ0n) is 11.1. The molecular formula is C10H14. The standard InChI is InChI=1S/C10H14/c1-2-3-7-10-8-5-4-6-9-10/h4-6,8-9H,2-3,7H2,1H3/i4D,5D,6D,8D,9D. The number of hydrogen-bond acceptors (Lipinski definition) is 0. The van der Waals surface area contributed by atoms with Gasteiger partial charge in [0.2, 0.25) is 0 Å². The van der Waals surface area contributed by atoms with E-state index in [-0.39, 0.29) is 30.2 Å². The molecule has 0 aromatic heterocycles. The van der Waals surface area contributed by atoms with E-state index in [1.807, 2.05) is 6.92 Å². The van der Waals surface area contributed by atoms with E-state index in [1.165, 1.54) is 0 Å². The van der Waals surface area contributed by atoms with Gasteiger partial charge in [0.05, 0.1) is 6.85 Å². The molecule has 0 N–H and O–H groups in total. The highest BCUT2D eigenvalue weighted by molar-refractivity contribution is 5.14. The fourth-order valence-electron chi connectivity index (χ4n) is 0.754. The Kier molecular flexibility index (Phi) is 1.26. The van der Waals surface area contributed by atoms with Crippen molar-refractivity contribution in [3.63, 3.8) is 0 Å². The summed E-state index contributed by atoms with van der Waals surface area (Å²) in [6.07, 6.45) is 2.34. The summed E-state index contributed by atoms with van der Waals surface area (Å²) in [6.45, 7) is 2.01. The lowest BCUT2D eigenvalue weighted by Crippen LogP contribution is -1.81. The zero-order valence-corrected chi connectivity index (χ0v) is 6.12. The van der Waals surface area contributed by atoms with Crippen LogP contribution < -0.4 is 0 Å². The third kappa shape index (κ3) is 2.22. The Morgan fingerprint density at radius 1 is 1.30 bits per heavy atom. The highest BCUT2D eigenvalue weighted by Gasteiger charge is 1.87. The summed E-state index contributed by atoms with van der Waals surface area (Å²) in [5.41, 5.74) is 0.433.